The Labute approximate surface area is 99.7 Å². The molecule has 0 saturated heterocycles. The molecule has 0 bridgehead atoms. The highest BCUT2D eigenvalue weighted by Gasteiger charge is 2.09. The van der Waals surface area contributed by atoms with Crippen molar-refractivity contribution < 1.29 is 4.79 Å². The molecule has 1 aromatic heterocycles. The van der Waals surface area contributed by atoms with E-state index in [0.29, 0.717) is 6.54 Å². The van der Waals surface area contributed by atoms with Crippen LogP contribution in [0.1, 0.15) is 36.0 Å². The van der Waals surface area contributed by atoms with E-state index in [-0.39, 0.29) is 16.9 Å². The zero-order chi connectivity index (χ0) is 12.1. The molecule has 1 heterocycles. The summed E-state index contributed by atoms with van der Waals surface area (Å²) >= 11 is 0. The number of carbonyl (C=O) groups excluding carboxylic acids is 1. The third kappa shape index (κ3) is 3.06. The minimum atomic E-state index is -0.301. The second kappa shape index (κ2) is 5.48. The van der Waals surface area contributed by atoms with Crippen LogP contribution in [0.5, 0.6) is 0 Å². The van der Waals surface area contributed by atoms with Crippen LogP contribution in [0, 0.1) is 0 Å². The predicted molar refractivity (Wildman–Crippen MR) is 65.9 cm³/mol. The molecule has 90 valence electrons. The van der Waals surface area contributed by atoms with E-state index in [4.69, 9.17) is 0 Å². The number of allylic oxidation sites excluding steroid dienone is 1. The van der Waals surface area contributed by atoms with Crippen molar-refractivity contribution in [1.82, 2.24) is 10.3 Å². The van der Waals surface area contributed by atoms with Gasteiger partial charge in [-0.3, -0.25) is 9.59 Å². The molecule has 0 fully saturated rings. The summed E-state index contributed by atoms with van der Waals surface area (Å²) < 4.78 is 0. The van der Waals surface area contributed by atoms with Crippen LogP contribution in [-0.4, -0.2) is 17.4 Å². The van der Waals surface area contributed by atoms with Crippen molar-refractivity contribution in [1.29, 1.82) is 0 Å². The van der Waals surface area contributed by atoms with Gasteiger partial charge in [-0.1, -0.05) is 11.6 Å². The van der Waals surface area contributed by atoms with Crippen LogP contribution in [0.15, 0.2) is 34.9 Å². The molecule has 2 N–H and O–H groups in total. The van der Waals surface area contributed by atoms with E-state index >= 15 is 0 Å². The number of hydrogen-bond donors (Lipinski definition) is 2. The molecule has 0 radical (unpaired) electrons. The Morgan fingerprint density at radius 3 is 3.06 bits per heavy atom. The van der Waals surface area contributed by atoms with Crippen molar-refractivity contribution >= 4 is 5.91 Å². The lowest BCUT2D eigenvalue weighted by molar-refractivity contribution is 0.0952. The number of pyridine rings is 1. The Morgan fingerprint density at radius 1 is 1.47 bits per heavy atom. The summed E-state index contributed by atoms with van der Waals surface area (Å²) in [6.07, 6.45) is 9.60. The summed E-state index contributed by atoms with van der Waals surface area (Å²) in [5, 5.41) is 2.77. The molecule has 4 heteroatoms. The molecule has 0 atom stereocenters. The number of rotatable bonds is 4. The third-order valence-corrected chi connectivity index (χ3v) is 2.94. The van der Waals surface area contributed by atoms with Crippen molar-refractivity contribution in [2.75, 3.05) is 6.54 Å². The van der Waals surface area contributed by atoms with Gasteiger partial charge in [-0.2, -0.15) is 0 Å². The summed E-state index contributed by atoms with van der Waals surface area (Å²) in [4.78, 5) is 25.8. The van der Waals surface area contributed by atoms with Gasteiger partial charge in [-0.15, -0.1) is 0 Å². The average molecular weight is 232 g/mol. The molecule has 1 aliphatic carbocycles. The number of nitrogens with one attached hydrogen (secondary N) is 2. The first-order valence-electron chi connectivity index (χ1n) is 5.90. The molecule has 17 heavy (non-hydrogen) atoms. The number of aromatic nitrogens is 1. The molecule has 0 aliphatic heterocycles. The minimum Gasteiger partial charge on any atom is -0.367 e. The fourth-order valence-corrected chi connectivity index (χ4v) is 1.99. The standard InChI is InChI=1S/C13H16N2O2/c16-12-6-7-14-9-11(12)13(17)15-8-5-10-3-1-2-4-10/h3,6-7,9H,1-2,4-5,8H2,(H,14,16)(H,15,17). The summed E-state index contributed by atoms with van der Waals surface area (Å²) in [6.45, 7) is 0.596. The van der Waals surface area contributed by atoms with E-state index in [0.717, 1.165) is 19.3 Å². The third-order valence-electron chi connectivity index (χ3n) is 2.94. The van der Waals surface area contributed by atoms with Gasteiger partial charge in [-0.05, 0) is 25.7 Å². The molecule has 1 aliphatic rings. The van der Waals surface area contributed by atoms with Gasteiger partial charge in [0, 0.05) is 25.0 Å². The van der Waals surface area contributed by atoms with Gasteiger partial charge >= 0.3 is 0 Å². The first kappa shape index (κ1) is 11.6. The van der Waals surface area contributed by atoms with Gasteiger partial charge in [-0.25, -0.2) is 0 Å². The van der Waals surface area contributed by atoms with Gasteiger partial charge in [0.1, 0.15) is 5.56 Å². The van der Waals surface area contributed by atoms with Crippen LogP contribution in [0.4, 0.5) is 0 Å². The average Bonchev–Trinajstić information content (AvgIpc) is 2.82. The topological polar surface area (TPSA) is 62.0 Å². The molecule has 0 unspecified atom stereocenters. The van der Waals surface area contributed by atoms with Crippen LogP contribution in [0.2, 0.25) is 0 Å². The summed E-state index contributed by atoms with van der Waals surface area (Å²) in [7, 11) is 0. The zero-order valence-corrected chi connectivity index (χ0v) is 9.66. The largest absolute Gasteiger partial charge is 0.367 e. The number of carbonyl (C=O) groups is 1. The van der Waals surface area contributed by atoms with Crippen molar-refractivity contribution in [2.45, 2.75) is 25.7 Å². The van der Waals surface area contributed by atoms with E-state index < -0.39 is 0 Å². The van der Waals surface area contributed by atoms with Crippen molar-refractivity contribution in [3.63, 3.8) is 0 Å². The maximum Gasteiger partial charge on any atom is 0.256 e. The Kier molecular flexibility index (Phi) is 3.75. The molecule has 0 saturated carbocycles. The lowest BCUT2D eigenvalue weighted by atomic mass is 10.1. The highest BCUT2D eigenvalue weighted by molar-refractivity contribution is 5.93. The van der Waals surface area contributed by atoms with Crippen LogP contribution in [0.3, 0.4) is 0 Å². The van der Waals surface area contributed by atoms with Gasteiger partial charge in [0.25, 0.3) is 5.91 Å². The summed E-state index contributed by atoms with van der Waals surface area (Å²) in [5.74, 6) is -0.301. The molecular formula is C13H16N2O2. The highest BCUT2D eigenvalue weighted by Crippen LogP contribution is 2.19. The molecule has 2 rings (SSSR count). The van der Waals surface area contributed by atoms with Crippen molar-refractivity contribution in [3.8, 4) is 0 Å². The maximum atomic E-state index is 11.7. The van der Waals surface area contributed by atoms with Crippen molar-refractivity contribution in [3.05, 3.63) is 45.9 Å². The van der Waals surface area contributed by atoms with E-state index in [1.807, 2.05) is 0 Å². The fourth-order valence-electron chi connectivity index (χ4n) is 1.99. The number of aromatic amines is 1. The Balaban J connectivity index is 1.85. The highest BCUT2D eigenvalue weighted by atomic mass is 16.2. The van der Waals surface area contributed by atoms with E-state index in [1.165, 1.54) is 30.5 Å². The first-order valence-corrected chi connectivity index (χ1v) is 5.90. The van der Waals surface area contributed by atoms with Crippen LogP contribution >= 0.6 is 0 Å². The second-order valence-corrected chi connectivity index (χ2v) is 4.18. The van der Waals surface area contributed by atoms with Crippen LogP contribution in [0.25, 0.3) is 0 Å². The number of amides is 1. The molecular weight excluding hydrogens is 216 g/mol. The Bertz CT molecular complexity index is 488. The lowest BCUT2D eigenvalue weighted by Crippen LogP contribution is -2.29. The van der Waals surface area contributed by atoms with Gasteiger partial charge in [0.05, 0.1) is 0 Å². The quantitative estimate of drug-likeness (QED) is 0.775. The fraction of sp³-hybridized carbons (Fsp3) is 0.385. The molecule has 1 amide bonds. The molecule has 0 spiro atoms. The van der Waals surface area contributed by atoms with Gasteiger partial charge in [0.2, 0.25) is 0 Å². The zero-order valence-electron chi connectivity index (χ0n) is 9.66. The lowest BCUT2D eigenvalue weighted by Gasteiger charge is -2.05. The summed E-state index contributed by atoms with van der Waals surface area (Å²) in [6, 6.07) is 1.36. The molecule has 4 nitrogen and oxygen atoms in total. The van der Waals surface area contributed by atoms with E-state index in [9.17, 15) is 9.59 Å². The first-order chi connectivity index (χ1) is 8.27. The Morgan fingerprint density at radius 2 is 2.35 bits per heavy atom. The normalized spacial score (nSPS) is 14.5. The predicted octanol–water partition coefficient (Wildman–Crippen LogP) is 1.61. The monoisotopic (exact) mass is 232 g/mol. The second-order valence-electron chi connectivity index (χ2n) is 4.18. The smallest absolute Gasteiger partial charge is 0.256 e. The summed E-state index contributed by atoms with van der Waals surface area (Å²) in [5.41, 5.74) is 1.33. The van der Waals surface area contributed by atoms with Gasteiger partial charge < -0.3 is 10.3 Å². The number of hydrogen-bond acceptors (Lipinski definition) is 2. The SMILES string of the molecule is O=C(NCCC1=CCCC1)c1c[nH]ccc1=O. The van der Waals surface area contributed by atoms with E-state index in [2.05, 4.69) is 16.4 Å². The minimum absolute atomic E-state index is 0.174. The Hall–Kier alpha value is -1.84. The van der Waals surface area contributed by atoms with Crippen LogP contribution < -0.4 is 10.7 Å². The van der Waals surface area contributed by atoms with Crippen LogP contribution in [-0.2, 0) is 0 Å². The van der Waals surface area contributed by atoms with Gasteiger partial charge in [0.15, 0.2) is 5.43 Å². The number of H-pyrrole nitrogens is 1. The maximum absolute atomic E-state index is 11.7. The molecule has 0 aromatic carbocycles. The van der Waals surface area contributed by atoms with Crippen molar-refractivity contribution in [2.24, 2.45) is 0 Å². The molecule has 1 aromatic rings. The van der Waals surface area contributed by atoms with E-state index in [1.54, 1.807) is 0 Å².